The Morgan fingerprint density at radius 2 is 2.00 bits per heavy atom. The Balaban J connectivity index is 1.93. The first-order valence-electron chi connectivity index (χ1n) is 7.05. The van der Waals surface area contributed by atoms with E-state index in [4.69, 9.17) is 4.74 Å². The maximum atomic E-state index is 12.3. The van der Waals surface area contributed by atoms with Crippen molar-refractivity contribution in [1.82, 2.24) is 9.88 Å². The van der Waals surface area contributed by atoms with Gasteiger partial charge in [-0.15, -0.1) is 11.8 Å². The topological polar surface area (TPSA) is 42.4 Å². The molecular formula is C17H20N2O2S. The van der Waals surface area contributed by atoms with Gasteiger partial charge >= 0.3 is 0 Å². The molecule has 0 bridgehead atoms. The standard InChI is InChI=1S/C17H20N2O2S/c1-13(21-15-7-9-16(22-3)10-8-15)17(20)19(2)12-14-6-4-5-11-18-14/h4-11,13H,12H2,1-3H3/t13-/m0/s1. The van der Waals surface area contributed by atoms with E-state index in [-0.39, 0.29) is 5.91 Å². The van der Waals surface area contributed by atoms with E-state index in [1.807, 2.05) is 48.7 Å². The predicted octanol–water partition coefficient (Wildman–Crippen LogP) is 3.23. The van der Waals surface area contributed by atoms with Crippen LogP contribution >= 0.6 is 11.8 Å². The van der Waals surface area contributed by atoms with Crippen LogP contribution in [0.25, 0.3) is 0 Å². The lowest BCUT2D eigenvalue weighted by Gasteiger charge is -2.22. The minimum Gasteiger partial charge on any atom is -0.481 e. The van der Waals surface area contributed by atoms with Crippen LogP contribution in [0.3, 0.4) is 0 Å². The van der Waals surface area contributed by atoms with Gasteiger partial charge < -0.3 is 9.64 Å². The molecule has 0 N–H and O–H groups in total. The van der Waals surface area contributed by atoms with Crippen molar-refractivity contribution in [2.24, 2.45) is 0 Å². The number of rotatable bonds is 6. The third-order valence-electron chi connectivity index (χ3n) is 3.22. The minimum absolute atomic E-state index is 0.0698. The first-order valence-corrected chi connectivity index (χ1v) is 8.28. The van der Waals surface area contributed by atoms with Gasteiger partial charge in [-0.1, -0.05) is 6.07 Å². The van der Waals surface area contributed by atoms with E-state index >= 15 is 0 Å². The van der Waals surface area contributed by atoms with Crippen LogP contribution in [0.4, 0.5) is 0 Å². The van der Waals surface area contributed by atoms with E-state index in [0.29, 0.717) is 12.3 Å². The molecule has 0 spiro atoms. The monoisotopic (exact) mass is 316 g/mol. The molecule has 1 aromatic carbocycles. The van der Waals surface area contributed by atoms with Gasteiger partial charge in [-0.3, -0.25) is 9.78 Å². The van der Waals surface area contributed by atoms with Crippen LogP contribution in [-0.4, -0.2) is 35.2 Å². The highest BCUT2D eigenvalue weighted by Gasteiger charge is 2.19. The maximum Gasteiger partial charge on any atom is 0.263 e. The molecule has 0 unspecified atom stereocenters. The number of likely N-dealkylation sites (N-methyl/N-ethyl adjacent to an activating group) is 1. The normalized spacial score (nSPS) is 11.8. The van der Waals surface area contributed by atoms with Gasteiger partial charge in [-0.05, 0) is 49.6 Å². The van der Waals surface area contributed by atoms with E-state index in [1.165, 1.54) is 4.90 Å². The van der Waals surface area contributed by atoms with Gasteiger partial charge in [0, 0.05) is 18.1 Å². The molecule has 1 heterocycles. The van der Waals surface area contributed by atoms with Crippen LogP contribution in [0.15, 0.2) is 53.6 Å². The Morgan fingerprint density at radius 3 is 2.59 bits per heavy atom. The van der Waals surface area contributed by atoms with Crippen molar-refractivity contribution in [3.8, 4) is 5.75 Å². The molecule has 4 nitrogen and oxygen atoms in total. The lowest BCUT2D eigenvalue weighted by atomic mass is 10.3. The number of amides is 1. The van der Waals surface area contributed by atoms with Crippen molar-refractivity contribution >= 4 is 17.7 Å². The molecule has 0 aliphatic heterocycles. The van der Waals surface area contributed by atoms with Crippen molar-refractivity contribution in [1.29, 1.82) is 0 Å². The lowest BCUT2D eigenvalue weighted by Crippen LogP contribution is -2.37. The van der Waals surface area contributed by atoms with Gasteiger partial charge in [0.05, 0.1) is 12.2 Å². The average molecular weight is 316 g/mol. The number of nitrogens with zero attached hydrogens (tertiary/aromatic N) is 2. The Morgan fingerprint density at radius 1 is 1.27 bits per heavy atom. The number of carbonyl (C=O) groups excluding carboxylic acids is 1. The molecule has 0 radical (unpaired) electrons. The summed E-state index contributed by atoms with van der Waals surface area (Å²) in [6, 6.07) is 13.4. The molecule has 0 aliphatic rings. The van der Waals surface area contributed by atoms with Crippen LogP contribution in [0, 0.1) is 0 Å². The first-order chi connectivity index (χ1) is 10.6. The number of pyridine rings is 1. The Kier molecular flexibility index (Phi) is 5.83. The van der Waals surface area contributed by atoms with Gasteiger partial charge in [0.1, 0.15) is 5.75 Å². The van der Waals surface area contributed by atoms with Gasteiger partial charge in [0.15, 0.2) is 6.10 Å². The highest BCUT2D eigenvalue weighted by atomic mass is 32.2. The van der Waals surface area contributed by atoms with Gasteiger partial charge in [-0.25, -0.2) is 0 Å². The number of thioether (sulfide) groups is 1. The summed E-state index contributed by atoms with van der Waals surface area (Å²) >= 11 is 1.67. The summed E-state index contributed by atoms with van der Waals surface area (Å²) in [5.74, 6) is 0.629. The third kappa shape index (κ3) is 4.49. The van der Waals surface area contributed by atoms with Crippen molar-refractivity contribution in [3.63, 3.8) is 0 Å². The van der Waals surface area contributed by atoms with E-state index in [9.17, 15) is 4.79 Å². The largest absolute Gasteiger partial charge is 0.481 e. The lowest BCUT2D eigenvalue weighted by molar-refractivity contribution is -0.137. The van der Waals surface area contributed by atoms with Gasteiger partial charge in [0.2, 0.25) is 0 Å². The molecule has 0 fully saturated rings. The highest BCUT2D eigenvalue weighted by Crippen LogP contribution is 2.20. The molecule has 22 heavy (non-hydrogen) atoms. The van der Waals surface area contributed by atoms with E-state index in [1.54, 1.807) is 36.8 Å². The highest BCUT2D eigenvalue weighted by molar-refractivity contribution is 7.98. The number of benzene rings is 1. The van der Waals surface area contributed by atoms with Crippen molar-refractivity contribution in [3.05, 3.63) is 54.4 Å². The van der Waals surface area contributed by atoms with Crippen LogP contribution < -0.4 is 4.74 Å². The number of aromatic nitrogens is 1. The fourth-order valence-electron chi connectivity index (χ4n) is 2.03. The molecule has 0 saturated carbocycles. The fraction of sp³-hybridized carbons (Fsp3) is 0.294. The van der Waals surface area contributed by atoms with Crippen LogP contribution in [-0.2, 0) is 11.3 Å². The van der Waals surface area contributed by atoms with E-state index in [0.717, 1.165) is 5.69 Å². The SMILES string of the molecule is CSc1ccc(O[C@@H](C)C(=O)N(C)Cc2ccccn2)cc1. The molecule has 2 aromatic rings. The molecule has 1 amide bonds. The van der Waals surface area contributed by atoms with Crippen molar-refractivity contribution in [2.45, 2.75) is 24.5 Å². The van der Waals surface area contributed by atoms with E-state index in [2.05, 4.69) is 4.98 Å². The van der Waals surface area contributed by atoms with Gasteiger partial charge in [-0.2, -0.15) is 0 Å². The summed E-state index contributed by atoms with van der Waals surface area (Å²) < 4.78 is 5.71. The van der Waals surface area contributed by atoms with Gasteiger partial charge in [0.25, 0.3) is 5.91 Å². The zero-order chi connectivity index (χ0) is 15.9. The number of hydrogen-bond acceptors (Lipinski definition) is 4. The third-order valence-corrected chi connectivity index (χ3v) is 3.97. The number of carbonyl (C=O) groups is 1. The molecule has 1 aromatic heterocycles. The zero-order valence-electron chi connectivity index (χ0n) is 13.0. The van der Waals surface area contributed by atoms with Crippen LogP contribution in [0.1, 0.15) is 12.6 Å². The molecule has 0 aliphatic carbocycles. The molecule has 5 heteroatoms. The van der Waals surface area contributed by atoms with Crippen molar-refractivity contribution in [2.75, 3.05) is 13.3 Å². The summed E-state index contributed by atoms with van der Waals surface area (Å²) in [6.45, 7) is 2.23. The second-order valence-electron chi connectivity index (χ2n) is 4.95. The summed E-state index contributed by atoms with van der Waals surface area (Å²) in [5, 5.41) is 0. The smallest absolute Gasteiger partial charge is 0.263 e. The molecular weight excluding hydrogens is 296 g/mol. The average Bonchev–Trinajstić information content (AvgIpc) is 2.55. The van der Waals surface area contributed by atoms with Crippen molar-refractivity contribution < 1.29 is 9.53 Å². The summed E-state index contributed by atoms with van der Waals surface area (Å²) in [6.07, 6.45) is 3.21. The minimum atomic E-state index is -0.533. The summed E-state index contributed by atoms with van der Waals surface area (Å²) in [5.41, 5.74) is 0.856. The number of ether oxygens (including phenoxy) is 1. The Hall–Kier alpha value is -2.01. The first kappa shape index (κ1) is 16.4. The summed E-state index contributed by atoms with van der Waals surface area (Å²) in [7, 11) is 1.76. The van der Waals surface area contributed by atoms with E-state index < -0.39 is 6.10 Å². The Bertz CT molecular complexity index is 602. The second-order valence-corrected chi connectivity index (χ2v) is 5.83. The quantitative estimate of drug-likeness (QED) is 0.767. The predicted molar refractivity (Wildman–Crippen MR) is 89.0 cm³/mol. The molecule has 2 rings (SSSR count). The van der Waals surface area contributed by atoms with Crippen LogP contribution in [0.5, 0.6) is 5.75 Å². The second kappa shape index (κ2) is 7.84. The number of hydrogen-bond donors (Lipinski definition) is 0. The maximum absolute atomic E-state index is 12.3. The fourth-order valence-corrected chi connectivity index (χ4v) is 2.44. The molecule has 116 valence electrons. The molecule has 1 atom stereocenters. The Labute approximate surface area is 135 Å². The summed E-state index contributed by atoms with van der Waals surface area (Å²) in [4.78, 5) is 19.4. The molecule has 0 saturated heterocycles. The zero-order valence-corrected chi connectivity index (χ0v) is 13.8. The van der Waals surface area contributed by atoms with Crippen LogP contribution in [0.2, 0.25) is 0 Å².